The van der Waals surface area contributed by atoms with Crippen LogP contribution in [0.15, 0.2) is 78.9 Å². The average molecular weight is 384 g/mol. The minimum absolute atomic E-state index is 0.706. The molecule has 0 fully saturated rings. The van der Waals surface area contributed by atoms with Crippen molar-refractivity contribution in [1.82, 2.24) is 9.78 Å². The van der Waals surface area contributed by atoms with Gasteiger partial charge in [0.25, 0.3) is 0 Å². The zero-order valence-corrected chi connectivity index (χ0v) is 16.9. The van der Waals surface area contributed by atoms with Crippen molar-refractivity contribution in [2.75, 3.05) is 14.2 Å². The van der Waals surface area contributed by atoms with Gasteiger partial charge in [0.2, 0.25) is 0 Å². The lowest BCUT2D eigenvalue weighted by atomic mass is 10.1. The van der Waals surface area contributed by atoms with Gasteiger partial charge in [-0.3, -0.25) is 4.68 Å². The van der Waals surface area contributed by atoms with E-state index in [2.05, 4.69) is 54.1 Å². The molecule has 4 heteroatoms. The Hall–Kier alpha value is -3.53. The van der Waals surface area contributed by atoms with Gasteiger partial charge in [0.15, 0.2) is 0 Å². The lowest BCUT2D eigenvalue weighted by Gasteiger charge is -2.09. The summed E-state index contributed by atoms with van der Waals surface area (Å²) in [6, 6.07) is 26.8. The minimum atomic E-state index is 0.706. The van der Waals surface area contributed by atoms with Crippen molar-refractivity contribution in [2.24, 2.45) is 0 Å². The van der Waals surface area contributed by atoms with Gasteiger partial charge >= 0.3 is 0 Å². The van der Waals surface area contributed by atoms with Gasteiger partial charge in [0.05, 0.1) is 32.2 Å². The van der Waals surface area contributed by atoms with Crippen LogP contribution < -0.4 is 9.47 Å². The number of nitrogens with zero attached hydrogens (tertiary/aromatic N) is 2. The molecular formula is C25H24N2O2. The molecule has 0 N–H and O–H groups in total. The minimum Gasteiger partial charge on any atom is -0.497 e. The second-order valence-electron chi connectivity index (χ2n) is 7.02. The quantitative estimate of drug-likeness (QED) is 0.435. The van der Waals surface area contributed by atoms with Gasteiger partial charge in [-0.25, -0.2) is 0 Å². The zero-order chi connectivity index (χ0) is 20.2. The maximum atomic E-state index is 5.30. The van der Waals surface area contributed by atoms with Crippen LogP contribution in [-0.4, -0.2) is 24.0 Å². The molecule has 1 heterocycles. The third-order valence-corrected chi connectivity index (χ3v) is 5.00. The molecule has 0 radical (unpaired) electrons. The fraction of sp³-hybridized carbons (Fsp3) is 0.160. The highest BCUT2D eigenvalue weighted by atomic mass is 16.5. The predicted octanol–water partition coefficient (Wildman–Crippen LogP) is 5.59. The number of aromatic nitrogens is 2. The Morgan fingerprint density at radius 3 is 1.83 bits per heavy atom. The second kappa shape index (κ2) is 8.23. The molecule has 146 valence electrons. The van der Waals surface area contributed by atoms with Crippen LogP contribution in [0, 0.1) is 6.92 Å². The summed E-state index contributed by atoms with van der Waals surface area (Å²) in [6.07, 6.45) is 0. The molecule has 0 unspecified atom stereocenters. The van der Waals surface area contributed by atoms with Gasteiger partial charge in [-0.1, -0.05) is 29.8 Å². The molecule has 4 aromatic rings. The van der Waals surface area contributed by atoms with Crippen LogP contribution in [0.5, 0.6) is 11.5 Å². The Bertz CT molecular complexity index is 1080. The van der Waals surface area contributed by atoms with Gasteiger partial charge in [-0.05, 0) is 67.1 Å². The van der Waals surface area contributed by atoms with E-state index >= 15 is 0 Å². The fourth-order valence-corrected chi connectivity index (χ4v) is 3.30. The standard InChI is InChI=1S/C25H24N2O2/c1-18-4-6-19(7-5-18)17-27-25(21-10-14-23(29-3)15-11-21)16-24(26-27)20-8-12-22(28-2)13-9-20/h4-16H,17H2,1-3H3. The summed E-state index contributed by atoms with van der Waals surface area (Å²) < 4.78 is 12.6. The summed E-state index contributed by atoms with van der Waals surface area (Å²) in [5, 5.41) is 4.92. The number of aryl methyl sites for hydroxylation is 1. The normalized spacial score (nSPS) is 10.7. The molecule has 4 nitrogen and oxygen atoms in total. The monoisotopic (exact) mass is 384 g/mol. The van der Waals surface area contributed by atoms with Gasteiger partial charge in [0.1, 0.15) is 11.5 Å². The summed E-state index contributed by atoms with van der Waals surface area (Å²) in [6.45, 7) is 2.81. The first kappa shape index (κ1) is 18.8. The smallest absolute Gasteiger partial charge is 0.118 e. The number of hydrogen-bond donors (Lipinski definition) is 0. The van der Waals surface area contributed by atoms with E-state index in [1.165, 1.54) is 11.1 Å². The summed E-state index contributed by atoms with van der Waals surface area (Å²) >= 11 is 0. The summed E-state index contributed by atoms with van der Waals surface area (Å²) in [4.78, 5) is 0. The van der Waals surface area contributed by atoms with Crippen molar-refractivity contribution in [2.45, 2.75) is 13.5 Å². The van der Waals surface area contributed by atoms with Crippen LogP contribution >= 0.6 is 0 Å². The molecule has 0 aliphatic heterocycles. The lowest BCUT2D eigenvalue weighted by Crippen LogP contribution is -2.04. The highest BCUT2D eigenvalue weighted by Crippen LogP contribution is 2.29. The van der Waals surface area contributed by atoms with Crippen molar-refractivity contribution >= 4 is 0 Å². The third-order valence-electron chi connectivity index (χ3n) is 5.00. The molecule has 0 spiro atoms. The van der Waals surface area contributed by atoms with E-state index in [4.69, 9.17) is 14.6 Å². The van der Waals surface area contributed by atoms with Crippen molar-refractivity contribution in [3.63, 3.8) is 0 Å². The number of rotatable bonds is 6. The molecule has 0 atom stereocenters. The molecule has 3 aromatic carbocycles. The molecular weight excluding hydrogens is 360 g/mol. The number of hydrogen-bond acceptors (Lipinski definition) is 3. The van der Waals surface area contributed by atoms with E-state index in [1.54, 1.807) is 14.2 Å². The van der Waals surface area contributed by atoms with E-state index in [-0.39, 0.29) is 0 Å². The van der Waals surface area contributed by atoms with Crippen molar-refractivity contribution in [3.05, 3.63) is 90.0 Å². The van der Waals surface area contributed by atoms with Crippen LogP contribution in [0.1, 0.15) is 11.1 Å². The first-order valence-electron chi connectivity index (χ1n) is 9.58. The molecule has 0 aliphatic rings. The van der Waals surface area contributed by atoms with E-state index < -0.39 is 0 Å². The van der Waals surface area contributed by atoms with Crippen LogP contribution in [0.2, 0.25) is 0 Å². The Labute approximate surface area is 171 Å². The number of ether oxygens (including phenoxy) is 2. The Morgan fingerprint density at radius 2 is 1.28 bits per heavy atom. The van der Waals surface area contributed by atoms with E-state index in [0.29, 0.717) is 6.54 Å². The Morgan fingerprint density at radius 1 is 0.724 bits per heavy atom. The van der Waals surface area contributed by atoms with E-state index in [0.717, 1.165) is 34.0 Å². The highest BCUT2D eigenvalue weighted by molar-refractivity contribution is 5.69. The second-order valence-corrected chi connectivity index (χ2v) is 7.02. The van der Waals surface area contributed by atoms with Crippen molar-refractivity contribution in [1.29, 1.82) is 0 Å². The molecule has 0 bridgehead atoms. The maximum Gasteiger partial charge on any atom is 0.118 e. The molecule has 1 aromatic heterocycles. The molecule has 4 rings (SSSR count). The first-order valence-corrected chi connectivity index (χ1v) is 9.58. The largest absolute Gasteiger partial charge is 0.497 e. The zero-order valence-electron chi connectivity index (χ0n) is 16.9. The summed E-state index contributed by atoms with van der Waals surface area (Å²) in [7, 11) is 3.35. The van der Waals surface area contributed by atoms with Gasteiger partial charge in [-0.2, -0.15) is 5.10 Å². The van der Waals surface area contributed by atoms with Crippen LogP contribution in [0.25, 0.3) is 22.5 Å². The van der Waals surface area contributed by atoms with Crippen molar-refractivity contribution in [3.8, 4) is 34.0 Å². The third kappa shape index (κ3) is 4.16. The molecule has 29 heavy (non-hydrogen) atoms. The lowest BCUT2D eigenvalue weighted by molar-refractivity contribution is 0.414. The highest BCUT2D eigenvalue weighted by Gasteiger charge is 2.12. The van der Waals surface area contributed by atoms with E-state index in [9.17, 15) is 0 Å². The van der Waals surface area contributed by atoms with Gasteiger partial charge in [0, 0.05) is 11.1 Å². The van der Waals surface area contributed by atoms with Gasteiger partial charge in [-0.15, -0.1) is 0 Å². The topological polar surface area (TPSA) is 36.3 Å². The Kier molecular flexibility index (Phi) is 5.34. The molecule has 0 saturated heterocycles. The average Bonchev–Trinajstić information content (AvgIpc) is 3.19. The van der Waals surface area contributed by atoms with Crippen LogP contribution in [0.4, 0.5) is 0 Å². The maximum absolute atomic E-state index is 5.30. The van der Waals surface area contributed by atoms with Crippen LogP contribution in [-0.2, 0) is 6.54 Å². The SMILES string of the molecule is COc1ccc(-c2cc(-c3ccc(OC)cc3)n(Cc3ccc(C)cc3)n2)cc1. The van der Waals surface area contributed by atoms with Gasteiger partial charge < -0.3 is 9.47 Å². The Balaban J connectivity index is 1.75. The van der Waals surface area contributed by atoms with Crippen molar-refractivity contribution < 1.29 is 9.47 Å². The predicted molar refractivity (Wildman–Crippen MR) is 116 cm³/mol. The first-order chi connectivity index (χ1) is 14.2. The molecule has 0 saturated carbocycles. The molecule has 0 amide bonds. The van der Waals surface area contributed by atoms with Crippen LogP contribution in [0.3, 0.4) is 0 Å². The summed E-state index contributed by atoms with van der Waals surface area (Å²) in [5.41, 5.74) is 6.64. The molecule has 0 aliphatic carbocycles. The van der Waals surface area contributed by atoms with E-state index in [1.807, 2.05) is 36.4 Å². The number of benzene rings is 3. The fourth-order valence-electron chi connectivity index (χ4n) is 3.30. The summed E-state index contributed by atoms with van der Waals surface area (Å²) in [5.74, 6) is 1.68. The number of methoxy groups -OCH3 is 2.